The van der Waals surface area contributed by atoms with Crippen LogP contribution in [0.5, 0.6) is 5.75 Å². The van der Waals surface area contributed by atoms with Crippen LogP contribution in [0.15, 0.2) is 51.8 Å². The highest BCUT2D eigenvalue weighted by molar-refractivity contribution is 5.94. The molecular weight excluding hydrogens is 382 g/mol. The number of aromatic nitrogens is 2. The summed E-state index contributed by atoms with van der Waals surface area (Å²) in [4.78, 5) is 24.1. The van der Waals surface area contributed by atoms with Crippen LogP contribution < -0.4 is 15.6 Å². The van der Waals surface area contributed by atoms with Crippen molar-refractivity contribution in [3.05, 3.63) is 81.1 Å². The van der Waals surface area contributed by atoms with Gasteiger partial charge in [0, 0.05) is 30.4 Å². The molecule has 0 radical (unpaired) electrons. The van der Waals surface area contributed by atoms with Gasteiger partial charge in [0.1, 0.15) is 18.1 Å². The van der Waals surface area contributed by atoms with Crippen LogP contribution in [0.2, 0.25) is 0 Å². The van der Waals surface area contributed by atoms with Crippen molar-refractivity contribution in [3.8, 4) is 5.75 Å². The van der Waals surface area contributed by atoms with Crippen molar-refractivity contribution >= 4 is 5.91 Å². The van der Waals surface area contributed by atoms with E-state index in [0.29, 0.717) is 31.0 Å². The lowest BCUT2D eigenvalue weighted by atomic mass is 10.2. The summed E-state index contributed by atoms with van der Waals surface area (Å²) >= 11 is 0. The summed E-state index contributed by atoms with van der Waals surface area (Å²) in [5, 5.41) is 6.82. The average molecular weight is 409 g/mol. The zero-order valence-corrected chi connectivity index (χ0v) is 17.6. The number of aryl methyl sites for hydroxylation is 3. The average Bonchev–Trinajstić information content (AvgIpc) is 3.06. The molecule has 0 bridgehead atoms. The Morgan fingerprint density at radius 1 is 1.10 bits per heavy atom. The molecule has 0 aliphatic rings. The number of benzene rings is 1. The van der Waals surface area contributed by atoms with Crippen molar-refractivity contribution in [2.75, 3.05) is 6.54 Å². The molecule has 7 nitrogen and oxygen atoms in total. The first kappa shape index (κ1) is 21.4. The molecule has 0 spiro atoms. The topological polar surface area (TPSA) is 86.4 Å². The van der Waals surface area contributed by atoms with E-state index in [1.165, 1.54) is 0 Å². The van der Waals surface area contributed by atoms with E-state index in [1.807, 2.05) is 26.8 Å². The smallest absolute Gasteiger partial charge is 0.251 e. The van der Waals surface area contributed by atoms with Crippen molar-refractivity contribution < 1.29 is 14.1 Å². The predicted octanol–water partition coefficient (Wildman–Crippen LogP) is 3.55. The van der Waals surface area contributed by atoms with Crippen LogP contribution >= 0.6 is 0 Å². The Morgan fingerprint density at radius 3 is 2.53 bits per heavy atom. The fraction of sp³-hybridized carbons (Fsp3) is 0.348. The van der Waals surface area contributed by atoms with E-state index in [0.717, 1.165) is 35.6 Å². The van der Waals surface area contributed by atoms with Gasteiger partial charge in [0.2, 0.25) is 0 Å². The van der Waals surface area contributed by atoms with E-state index in [9.17, 15) is 9.59 Å². The number of carbonyl (C=O) groups excluding carboxylic acids is 1. The lowest BCUT2D eigenvalue weighted by molar-refractivity contribution is 0.0953. The second-order valence-electron chi connectivity index (χ2n) is 7.24. The third-order valence-corrected chi connectivity index (χ3v) is 5.04. The molecule has 3 aromatic rings. The monoisotopic (exact) mass is 409 g/mol. The Labute approximate surface area is 175 Å². The molecule has 0 aliphatic heterocycles. The molecule has 0 aliphatic carbocycles. The Kier molecular flexibility index (Phi) is 7.06. The normalized spacial score (nSPS) is 10.8. The second-order valence-corrected chi connectivity index (χ2v) is 7.24. The summed E-state index contributed by atoms with van der Waals surface area (Å²) in [6.07, 6.45) is 1.62. The number of rotatable bonds is 9. The molecule has 1 N–H and O–H groups in total. The zero-order chi connectivity index (χ0) is 21.5. The van der Waals surface area contributed by atoms with Crippen molar-refractivity contribution in [1.82, 2.24) is 15.0 Å². The van der Waals surface area contributed by atoms with E-state index in [2.05, 4.69) is 10.5 Å². The molecule has 0 saturated heterocycles. The number of hydrogen-bond acceptors (Lipinski definition) is 5. The second kappa shape index (κ2) is 9.91. The number of ether oxygens (including phenoxy) is 1. The van der Waals surface area contributed by atoms with E-state index >= 15 is 0 Å². The summed E-state index contributed by atoms with van der Waals surface area (Å²) in [6, 6.07) is 12.3. The first-order chi connectivity index (χ1) is 14.5. The number of amides is 1. The molecular formula is C23H27N3O4. The number of unbranched alkanes of at least 4 members (excludes halogenated alkanes) is 1. The van der Waals surface area contributed by atoms with Gasteiger partial charge in [-0.15, -0.1) is 0 Å². The van der Waals surface area contributed by atoms with Gasteiger partial charge in [0.05, 0.1) is 11.3 Å². The molecule has 7 heteroatoms. The maximum Gasteiger partial charge on any atom is 0.251 e. The molecule has 3 rings (SSSR count). The van der Waals surface area contributed by atoms with Crippen LogP contribution in [0.1, 0.15) is 45.9 Å². The van der Waals surface area contributed by atoms with E-state index in [4.69, 9.17) is 9.26 Å². The molecule has 30 heavy (non-hydrogen) atoms. The highest BCUT2D eigenvalue weighted by Crippen LogP contribution is 2.18. The first-order valence-corrected chi connectivity index (χ1v) is 10.0. The minimum atomic E-state index is -0.125. The summed E-state index contributed by atoms with van der Waals surface area (Å²) in [7, 11) is 0. The quantitative estimate of drug-likeness (QED) is 0.546. The van der Waals surface area contributed by atoms with Crippen molar-refractivity contribution in [2.24, 2.45) is 0 Å². The largest absolute Gasteiger partial charge is 0.489 e. The number of pyridine rings is 1. The fourth-order valence-electron chi connectivity index (χ4n) is 3.17. The molecule has 1 aromatic carbocycles. The van der Waals surface area contributed by atoms with Gasteiger partial charge in [-0.05, 0) is 63.9 Å². The minimum Gasteiger partial charge on any atom is -0.489 e. The van der Waals surface area contributed by atoms with Gasteiger partial charge in [-0.2, -0.15) is 0 Å². The van der Waals surface area contributed by atoms with Crippen LogP contribution in [0, 0.1) is 20.8 Å². The molecule has 0 atom stereocenters. The molecule has 1 amide bonds. The Morgan fingerprint density at radius 2 is 1.87 bits per heavy atom. The van der Waals surface area contributed by atoms with E-state index in [-0.39, 0.29) is 11.5 Å². The van der Waals surface area contributed by atoms with Crippen molar-refractivity contribution in [2.45, 2.75) is 46.8 Å². The molecule has 0 saturated carbocycles. The van der Waals surface area contributed by atoms with Gasteiger partial charge >= 0.3 is 0 Å². The molecule has 158 valence electrons. The van der Waals surface area contributed by atoms with Crippen LogP contribution in [0.4, 0.5) is 0 Å². The standard InChI is InChI=1S/C23H27N3O4/c1-16-7-6-8-22(27)26(16)14-5-4-13-24-23(28)19-9-11-20(12-10-19)29-15-21-17(2)25-30-18(21)3/h6-12H,4-5,13-15H2,1-3H3,(H,24,28). The van der Waals surface area contributed by atoms with Gasteiger partial charge in [0.25, 0.3) is 11.5 Å². The van der Waals surface area contributed by atoms with Crippen LogP contribution in [-0.2, 0) is 13.2 Å². The maximum absolute atomic E-state index is 12.3. The van der Waals surface area contributed by atoms with Crippen LogP contribution in [0.3, 0.4) is 0 Å². The molecule has 2 heterocycles. The Hall–Kier alpha value is -3.35. The van der Waals surface area contributed by atoms with Gasteiger partial charge < -0.3 is 19.1 Å². The molecule has 0 unspecified atom stereocenters. The zero-order valence-electron chi connectivity index (χ0n) is 17.6. The summed E-state index contributed by atoms with van der Waals surface area (Å²) in [5.41, 5.74) is 3.29. The molecule has 0 fully saturated rings. The highest BCUT2D eigenvalue weighted by atomic mass is 16.5. The minimum absolute atomic E-state index is 0.00991. The van der Waals surface area contributed by atoms with E-state index in [1.54, 1.807) is 41.0 Å². The third kappa shape index (κ3) is 5.37. The van der Waals surface area contributed by atoms with Crippen LogP contribution in [-0.4, -0.2) is 22.2 Å². The maximum atomic E-state index is 12.3. The van der Waals surface area contributed by atoms with Gasteiger partial charge in [0.15, 0.2) is 0 Å². The number of nitrogens with one attached hydrogen (secondary N) is 1. The van der Waals surface area contributed by atoms with Gasteiger partial charge in [-0.25, -0.2) is 0 Å². The molecule has 2 aromatic heterocycles. The number of hydrogen-bond donors (Lipinski definition) is 1. The number of nitrogens with zero attached hydrogens (tertiary/aromatic N) is 2. The lowest BCUT2D eigenvalue weighted by Crippen LogP contribution is -2.25. The first-order valence-electron chi connectivity index (χ1n) is 10.0. The summed E-state index contributed by atoms with van der Waals surface area (Å²) in [6.45, 7) is 7.23. The van der Waals surface area contributed by atoms with Crippen molar-refractivity contribution in [3.63, 3.8) is 0 Å². The van der Waals surface area contributed by atoms with Crippen molar-refractivity contribution in [1.29, 1.82) is 0 Å². The van der Waals surface area contributed by atoms with E-state index < -0.39 is 0 Å². The predicted molar refractivity (Wildman–Crippen MR) is 114 cm³/mol. The number of carbonyl (C=O) groups is 1. The highest BCUT2D eigenvalue weighted by Gasteiger charge is 2.10. The van der Waals surface area contributed by atoms with Gasteiger partial charge in [-0.3, -0.25) is 9.59 Å². The lowest BCUT2D eigenvalue weighted by Gasteiger charge is -2.10. The SMILES string of the molecule is Cc1noc(C)c1COc1ccc(C(=O)NCCCCn2c(C)cccc2=O)cc1. The fourth-order valence-corrected chi connectivity index (χ4v) is 3.17. The Balaban J connectivity index is 1.42. The van der Waals surface area contributed by atoms with Crippen LogP contribution in [0.25, 0.3) is 0 Å². The van der Waals surface area contributed by atoms with Gasteiger partial charge in [-0.1, -0.05) is 11.2 Å². The Bertz CT molecular complexity index is 1030. The summed E-state index contributed by atoms with van der Waals surface area (Å²) < 4.78 is 12.6. The summed E-state index contributed by atoms with van der Waals surface area (Å²) in [5.74, 6) is 1.30. The third-order valence-electron chi connectivity index (χ3n) is 5.04.